The number of amides is 1. The van der Waals surface area contributed by atoms with Gasteiger partial charge in [0, 0.05) is 26.1 Å². The highest BCUT2D eigenvalue weighted by Crippen LogP contribution is 2.27. The van der Waals surface area contributed by atoms with Crippen molar-refractivity contribution in [1.29, 1.82) is 0 Å². The molecule has 0 aliphatic heterocycles. The molecule has 6 heteroatoms. The van der Waals surface area contributed by atoms with Crippen LogP contribution in [0.2, 0.25) is 0 Å². The molecule has 0 unspecified atom stereocenters. The van der Waals surface area contributed by atoms with Crippen molar-refractivity contribution in [2.24, 2.45) is 11.7 Å². The molecule has 1 aromatic carbocycles. The summed E-state index contributed by atoms with van der Waals surface area (Å²) < 4.78 is 10.5. The van der Waals surface area contributed by atoms with Gasteiger partial charge in [-0.15, -0.1) is 12.4 Å². The Morgan fingerprint density at radius 3 is 2.39 bits per heavy atom. The predicted molar refractivity (Wildman–Crippen MR) is 95.6 cm³/mol. The number of carbonyl (C=O) groups is 1. The lowest BCUT2D eigenvalue weighted by molar-refractivity contribution is -0.131. The molecular formula is C17H29ClN2O3. The number of halogens is 1. The molecule has 0 aliphatic carbocycles. The van der Waals surface area contributed by atoms with Crippen molar-refractivity contribution in [3.8, 4) is 11.5 Å². The average molecular weight is 345 g/mol. The third-order valence-electron chi connectivity index (χ3n) is 3.41. The zero-order valence-corrected chi connectivity index (χ0v) is 15.3. The summed E-state index contributed by atoms with van der Waals surface area (Å²) in [5, 5.41) is 0. The van der Waals surface area contributed by atoms with E-state index in [1.54, 1.807) is 14.2 Å². The van der Waals surface area contributed by atoms with Crippen LogP contribution in [0.3, 0.4) is 0 Å². The van der Waals surface area contributed by atoms with Crippen LogP contribution in [0.4, 0.5) is 0 Å². The maximum atomic E-state index is 12.1. The second-order valence-electron chi connectivity index (χ2n) is 5.71. The van der Waals surface area contributed by atoms with Gasteiger partial charge < -0.3 is 20.1 Å². The van der Waals surface area contributed by atoms with Crippen molar-refractivity contribution >= 4 is 18.3 Å². The van der Waals surface area contributed by atoms with E-state index in [4.69, 9.17) is 15.2 Å². The molecule has 132 valence electrons. The molecule has 0 atom stereocenters. The number of ether oxygens (including phenoxy) is 2. The van der Waals surface area contributed by atoms with E-state index in [9.17, 15) is 4.79 Å². The van der Waals surface area contributed by atoms with E-state index in [2.05, 4.69) is 13.8 Å². The van der Waals surface area contributed by atoms with Crippen LogP contribution in [0.15, 0.2) is 18.2 Å². The quantitative estimate of drug-likeness (QED) is 0.747. The van der Waals surface area contributed by atoms with Crippen molar-refractivity contribution in [3.05, 3.63) is 23.8 Å². The molecule has 0 fully saturated rings. The SMILES string of the molecule is COc1ccc(CCN(CC(C)C)C(=O)CCN)cc1OC.Cl. The summed E-state index contributed by atoms with van der Waals surface area (Å²) in [6, 6.07) is 5.85. The Morgan fingerprint density at radius 2 is 1.87 bits per heavy atom. The van der Waals surface area contributed by atoms with E-state index >= 15 is 0 Å². The van der Waals surface area contributed by atoms with E-state index in [0.29, 0.717) is 36.9 Å². The molecule has 1 rings (SSSR count). The average Bonchev–Trinajstić information content (AvgIpc) is 2.50. The first-order chi connectivity index (χ1) is 10.5. The van der Waals surface area contributed by atoms with Crippen molar-refractivity contribution in [2.45, 2.75) is 26.7 Å². The molecule has 0 aliphatic rings. The topological polar surface area (TPSA) is 64.8 Å². The van der Waals surface area contributed by atoms with Gasteiger partial charge in [-0.25, -0.2) is 0 Å². The highest BCUT2D eigenvalue weighted by Gasteiger charge is 2.14. The maximum absolute atomic E-state index is 12.1. The number of carbonyl (C=O) groups excluding carboxylic acids is 1. The lowest BCUT2D eigenvalue weighted by atomic mass is 10.1. The van der Waals surface area contributed by atoms with Gasteiger partial charge >= 0.3 is 0 Å². The first-order valence-electron chi connectivity index (χ1n) is 7.70. The summed E-state index contributed by atoms with van der Waals surface area (Å²) in [7, 11) is 3.24. The van der Waals surface area contributed by atoms with Crippen LogP contribution in [0.25, 0.3) is 0 Å². The smallest absolute Gasteiger partial charge is 0.223 e. The van der Waals surface area contributed by atoms with Gasteiger partial charge in [-0.1, -0.05) is 19.9 Å². The Labute approximate surface area is 145 Å². The van der Waals surface area contributed by atoms with Gasteiger partial charge in [-0.2, -0.15) is 0 Å². The first kappa shape index (κ1) is 21.5. The zero-order chi connectivity index (χ0) is 16.5. The van der Waals surface area contributed by atoms with Gasteiger partial charge in [0.15, 0.2) is 11.5 Å². The van der Waals surface area contributed by atoms with Crippen LogP contribution in [0.1, 0.15) is 25.8 Å². The molecule has 2 N–H and O–H groups in total. The summed E-state index contributed by atoms with van der Waals surface area (Å²) >= 11 is 0. The second-order valence-corrected chi connectivity index (χ2v) is 5.71. The number of hydrogen-bond donors (Lipinski definition) is 1. The van der Waals surface area contributed by atoms with Gasteiger partial charge in [0.05, 0.1) is 14.2 Å². The summed E-state index contributed by atoms with van der Waals surface area (Å²) in [4.78, 5) is 14.0. The third kappa shape index (κ3) is 7.10. The van der Waals surface area contributed by atoms with Crippen LogP contribution < -0.4 is 15.2 Å². The minimum atomic E-state index is 0. The van der Waals surface area contributed by atoms with Crippen molar-refractivity contribution in [2.75, 3.05) is 33.9 Å². The highest BCUT2D eigenvalue weighted by molar-refractivity contribution is 5.85. The fourth-order valence-corrected chi connectivity index (χ4v) is 2.34. The minimum Gasteiger partial charge on any atom is -0.493 e. The van der Waals surface area contributed by atoms with Crippen LogP contribution in [-0.4, -0.2) is 44.7 Å². The summed E-state index contributed by atoms with van der Waals surface area (Å²) in [5.41, 5.74) is 6.61. The molecule has 0 saturated heterocycles. The van der Waals surface area contributed by atoms with Gasteiger partial charge in [0.2, 0.25) is 5.91 Å². The largest absolute Gasteiger partial charge is 0.493 e. The molecule has 0 heterocycles. The molecule has 0 radical (unpaired) electrons. The molecule has 1 aromatic rings. The van der Waals surface area contributed by atoms with Crippen molar-refractivity contribution in [1.82, 2.24) is 4.90 Å². The summed E-state index contributed by atoms with van der Waals surface area (Å²) in [6.45, 7) is 6.06. The van der Waals surface area contributed by atoms with Gasteiger partial charge in [-0.3, -0.25) is 4.79 Å². The molecule has 0 aromatic heterocycles. The number of hydrogen-bond acceptors (Lipinski definition) is 4. The van der Waals surface area contributed by atoms with E-state index in [1.165, 1.54) is 0 Å². The number of nitrogens with zero attached hydrogens (tertiary/aromatic N) is 1. The summed E-state index contributed by atoms with van der Waals surface area (Å²) in [6.07, 6.45) is 1.18. The van der Waals surface area contributed by atoms with Gasteiger partial charge in [0.1, 0.15) is 0 Å². The fraction of sp³-hybridized carbons (Fsp3) is 0.588. The van der Waals surface area contributed by atoms with Gasteiger partial charge in [0.25, 0.3) is 0 Å². The van der Waals surface area contributed by atoms with Crippen LogP contribution in [0, 0.1) is 5.92 Å². The lowest BCUT2D eigenvalue weighted by Gasteiger charge is -2.24. The fourth-order valence-electron chi connectivity index (χ4n) is 2.34. The highest BCUT2D eigenvalue weighted by atomic mass is 35.5. The molecule has 5 nitrogen and oxygen atoms in total. The third-order valence-corrected chi connectivity index (χ3v) is 3.41. The number of benzene rings is 1. The van der Waals surface area contributed by atoms with Crippen molar-refractivity contribution in [3.63, 3.8) is 0 Å². The number of rotatable bonds is 9. The van der Waals surface area contributed by atoms with Crippen LogP contribution in [0.5, 0.6) is 11.5 Å². The standard InChI is InChI=1S/C17H28N2O3.ClH/c1-13(2)12-19(17(20)7-9-18)10-8-14-5-6-15(21-3)16(11-14)22-4;/h5-6,11,13H,7-10,12,18H2,1-4H3;1H. The van der Waals surface area contributed by atoms with Crippen molar-refractivity contribution < 1.29 is 14.3 Å². The molecule has 0 saturated carbocycles. The molecule has 23 heavy (non-hydrogen) atoms. The second kappa shape index (κ2) is 11.1. The monoisotopic (exact) mass is 344 g/mol. The molecular weight excluding hydrogens is 316 g/mol. The molecule has 1 amide bonds. The molecule has 0 spiro atoms. The maximum Gasteiger partial charge on any atom is 0.223 e. The van der Waals surface area contributed by atoms with E-state index in [1.807, 2.05) is 23.1 Å². The Kier molecular flexibility index (Phi) is 10.4. The van der Waals surface area contributed by atoms with E-state index in [0.717, 1.165) is 18.5 Å². The predicted octanol–water partition coefficient (Wildman–Crippen LogP) is 2.50. The Hall–Kier alpha value is -1.46. The van der Waals surface area contributed by atoms with E-state index in [-0.39, 0.29) is 18.3 Å². The normalized spacial score (nSPS) is 10.2. The minimum absolute atomic E-state index is 0. The van der Waals surface area contributed by atoms with E-state index < -0.39 is 0 Å². The first-order valence-corrected chi connectivity index (χ1v) is 7.70. The lowest BCUT2D eigenvalue weighted by Crippen LogP contribution is -2.36. The summed E-state index contributed by atoms with van der Waals surface area (Å²) in [5.74, 6) is 1.98. The Morgan fingerprint density at radius 1 is 1.22 bits per heavy atom. The number of methoxy groups -OCH3 is 2. The number of nitrogens with two attached hydrogens (primary N) is 1. The Bertz CT molecular complexity index is 481. The van der Waals surface area contributed by atoms with Gasteiger partial charge in [-0.05, 0) is 30.0 Å². The Balaban J connectivity index is 0.00000484. The zero-order valence-electron chi connectivity index (χ0n) is 14.5. The molecule has 0 bridgehead atoms. The van der Waals surface area contributed by atoms with Crippen LogP contribution >= 0.6 is 12.4 Å². The van der Waals surface area contributed by atoms with Crippen LogP contribution in [-0.2, 0) is 11.2 Å².